The zero-order valence-corrected chi connectivity index (χ0v) is 21.1. The molecule has 0 bridgehead atoms. The Morgan fingerprint density at radius 2 is 1.43 bits per heavy atom. The van der Waals surface area contributed by atoms with Crippen LogP contribution in [-0.4, -0.2) is 44.9 Å². The monoisotopic (exact) mass is 538 g/mol. The molecule has 4 N–H and O–H groups in total. The quantitative estimate of drug-likeness (QED) is 0.181. The summed E-state index contributed by atoms with van der Waals surface area (Å²) in [5.74, 6) is -4.76. The molecule has 0 radical (unpaired) electrons. The van der Waals surface area contributed by atoms with Crippen LogP contribution < -0.4 is 10.4 Å². The van der Waals surface area contributed by atoms with Crippen molar-refractivity contribution >= 4 is 34.4 Å². The number of allylic oxidation sites excluding steroid dienone is 1. The molecule has 0 saturated heterocycles. The van der Waals surface area contributed by atoms with Crippen molar-refractivity contribution in [3.63, 3.8) is 0 Å². The molecule has 1 heterocycles. The average Bonchev–Trinajstić information content (AvgIpc) is 2.87. The summed E-state index contributed by atoms with van der Waals surface area (Å²) in [5.41, 5.74) is -4.62. The molecule has 0 amide bonds. The minimum absolute atomic E-state index is 0.000219. The molecule has 4 aromatic rings. The van der Waals surface area contributed by atoms with E-state index in [1.54, 1.807) is 6.92 Å². The van der Waals surface area contributed by atoms with Crippen molar-refractivity contribution in [1.29, 1.82) is 0 Å². The summed E-state index contributed by atoms with van der Waals surface area (Å²) in [6, 6.07) is 4.53. The molecular weight excluding hydrogens is 520 g/mol. The van der Waals surface area contributed by atoms with Crippen LogP contribution >= 0.6 is 0 Å². The first-order valence-corrected chi connectivity index (χ1v) is 12.1. The van der Waals surface area contributed by atoms with Gasteiger partial charge >= 0.3 is 5.63 Å². The SMILES string of the molecule is COc1cc(O)c2c3c1C(=O)c1c(O)cc(C)c4oc(=O)c(c-3c14)C(=O)C21C(=O)c2c(O)cc(O)cc2C=C1C. The third-order valence-electron chi connectivity index (χ3n) is 8.14. The largest absolute Gasteiger partial charge is 0.508 e. The summed E-state index contributed by atoms with van der Waals surface area (Å²) in [5, 5.41) is 43.0. The van der Waals surface area contributed by atoms with Gasteiger partial charge in [-0.25, -0.2) is 4.79 Å². The number of hydrogen-bond donors (Lipinski definition) is 4. The van der Waals surface area contributed by atoms with Gasteiger partial charge in [0.2, 0.25) is 5.78 Å². The van der Waals surface area contributed by atoms with Crippen molar-refractivity contribution in [2.24, 2.45) is 0 Å². The number of aromatic hydroxyl groups is 4. The van der Waals surface area contributed by atoms with Crippen LogP contribution in [0.1, 0.15) is 60.3 Å². The van der Waals surface area contributed by atoms with Crippen LogP contribution in [0.15, 0.2) is 39.1 Å². The van der Waals surface area contributed by atoms with Crippen LogP contribution in [0.3, 0.4) is 0 Å². The Morgan fingerprint density at radius 3 is 2.12 bits per heavy atom. The highest BCUT2D eigenvalue weighted by Gasteiger charge is 2.60. The van der Waals surface area contributed by atoms with Gasteiger partial charge in [-0.2, -0.15) is 0 Å². The second-order valence-electron chi connectivity index (χ2n) is 10.1. The first kappa shape index (κ1) is 23.7. The molecule has 198 valence electrons. The minimum Gasteiger partial charge on any atom is -0.508 e. The number of phenolic OH excluding ortho intramolecular Hbond substituents is 4. The molecule has 1 aromatic heterocycles. The molecule has 0 fully saturated rings. The van der Waals surface area contributed by atoms with Crippen molar-refractivity contribution in [2.45, 2.75) is 19.3 Å². The van der Waals surface area contributed by atoms with Crippen LogP contribution in [0.2, 0.25) is 0 Å². The first-order valence-electron chi connectivity index (χ1n) is 12.1. The number of fused-ring (bicyclic) bond motifs is 2. The maximum absolute atomic E-state index is 14.6. The molecule has 1 spiro atoms. The fraction of sp³-hybridized carbons (Fsp3) is 0.133. The summed E-state index contributed by atoms with van der Waals surface area (Å²) in [4.78, 5) is 56.5. The third kappa shape index (κ3) is 2.40. The summed E-state index contributed by atoms with van der Waals surface area (Å²) >= 11 is 0. The number of aryl methyl sites for hydroxylation is 1. The molecule has 7 rings (SSSR count). The third-order valence-corrected chi connectivity index (χ3v) is 8.14. The smallest absolute Gasteiger partial charge is 0.347 e. The lowest BCUT2D eigenvalue weighted by molar-refractivity contribution is 0.0782. The van der Waals surface area contributed by atoms with E-state index < -0.39 is 51.2 Å². The van der Waals surface area contributed by atoms with Gasteiger partial charge in [0.15, 0.2) is 11.6 Å². The molecule has 0 aliphatic heterocycles. The van der Waals surface area contributed by atoms with Crippen molar-refractivity contribution < 1.29 is 44.0 Å². The van der Waals surface area contributed by atoms with E-state index in [2.05, 4.69) is 0 Å². The number of Topliss-reactive ketones (excluding diaryl/α,β-unsaturated/α-hetero) is 2. The second-order valence-corrected chi connectivity index (χ2v) is 10.1. The zero-order valence-electron chi connectivity index (χ0n) is 21.1. The number of hydrogen-bond acceptors (Lipinski definition) is 10. The van der Waals surface area contributed by atoms with Crippen molar-refractivity contribution in [1.82, 2.24) is 0 Å². The highest BCUT2D eigenvalue weighted by molar-refractivity contribution is 6.38. The van der Waals surface area contributed by atoms with Gasteiger partial charge in [-0.05, 0) is 42.7 Å². The van der Waals surface area contributed by atoms with E-state index in [9.17, 15) is 39.6 Å². The molecule has 3 aliphatic rings. The van der Waals surface area contributed by atoms with Crippen LogP contribution in [0, 0.1) is 6.92 Å². The molecule has 0 saturated carbocycles. The second kappa shape index (κ2) is 7.17. The van der Waals surface area contributed by atoms with Crippen molar-refractivity contribution in [3.8, 4) is 39.9 Å². The van der Waals surface area contributed by atoms with E-state index in [1.165, 1.54) is 32.2 Å². The minimum atomic E-state index is -2.37. The number of rotatable bonds is 1. The van der Waals surface area contributed by atoms with Crippen molar-refractivity contribution in [3.05, 3.63) is 79.2 Å². The lowest BCUT2D eigenvalue weighted by atomic mass is 9.56. The number of benzene rings is 3. The summed E-state index contributed by atoms with van der Waals surface area (Å²) in [6.45, 7) is 2.99. The molecule has 3 aromatic carbocycles. The highest BCUT2D eigenvalue weighted by atomic mass is 16.5. The maximum Gasteiger partial charge on any atom is 0.347 e. The molecule has 1 unspecified atom stereocenters. The number of ketones is 3. The highest BCUT2D eigenvalue weighted by Crippen LogP contribution is 2.60. The molecule has 40 heavy (non-hydrogen) atoms. The van der Waals surface area contributed by atoms with Crippen LogP contribution in [0.5, 0.6) is 28.7 Å². The standard InChI is InChI=1S/C30H18O10/c1-9-4-13(32)18-22-20-21-19(25(18)35)16(39-3)8-15(34)24(21)30(28(37)23(20)29(38)40-26(9)22)10(2)5-11-6-12(31)7-14(33)17(11)27(30)36/h4-8,31-34H,1-3H3. The Hall–Kier alpha value is -5.38. The number of methoxy groups -OCH3 is 1. The van der Waals surface area contributed by atoms with E-state index in [4.69, 9.17) is 9.15 Å². The lowest BCUT2D eigenvalue weighted by Gasteiger charge is -2.42. The normalized spacial score (nSPS) is 18.3. The topological polar surface area (TPSA) is 172 Å². The Morgan fingerprint density at radius 1 is 0.750 bits per heavy atom. The number of ether oxygens (including phenoxy) is 1. The number of carbonyl (C=O) groups excluding carboxylic acids is 3. The van der Waals surface area contributed by atoms with Gasteiger partial charge in [-0.15, -0.1) is 0 Å². The number of phenols is 4. The van der Waals surface area contributed by atoms with E-state index in [1.807, 2.05) is 0 Å². The van der Waals surface area contributed by atoms with Gasteiger partial charge in [0.05, 0.1) is 23.8 Å². The molecule has 10 nitrogen and oxygen atoms in total. The van der Waals surface area contributed by atoms with Gasteiger partial charge in [-0.1, -0.05) is 6.08 Å². The van der Waals surface area contributed by atoms with Gasteiger partial charge in [0.25, 0.3) is 0 Å². The van der Waals surface area contributed by atoms with Gasteiger partial charge in [-0.3, -0.25) is 14.4 Å². The predicted octanol–water partition coefficient (Wildman–Crippen LogP) is 3.88. The first-order chi connectivity index (χ1) is 18.9. The van der Waals surface area contributed by atoms with Crippen molar-refractivity contribution in [2.75, 3.05) is 7.11 Å². The molecule has 1 atom stereocenters. The lowest BCUT2D eigenvalue weighted by Crippen LogP contribution is -2.51. The maximum atomic E-state index is 14.6. The molecular formula is C30H18O10. The molecule has 10 heteroatoms. The summed E-state index contributed by atoms with van der Waals surface area (Å²) < 4.78 is 11.0. The van der Waals surface area contributed by atoms with Gasteiger partial charge in [0.1, 0.15) is 45.3 Å². The summed E-state index contributed by atoms with van der Waals surface area (Å²) in [6.07, 6.45) is 1.39. The summed E-state index contributed by atoms with van der Waals surface area (Å²) in [7, 11) is 1.26. The van der Waals surface area contributed by atoms with Gasteiger partial charge in [0, 0.05) is 34.2 Å². The van der Waals surface area contributed by atoms with Crippen LogP contribution in [0.25, 0.3) is 28.2 Å². The Bertz CT molecular complexity index is 2080. The van der Waals surface area contributed by atoms with E-state index >= 15 is 0 Å². The number of carbonyl (C=O) groups is 3. The molecule has 3 aliphatic carbocycles. The fourth-order valence-corrected chi connectivity index (χ4v) is 6.59. The fourth-order valence-electron chi connectivity index (χ4n) is 6.59. The van der Waals surface area contributed by atoms with E-state index in [0.717, 1.165) is 12.1 Å². The Kier molecular flexibility index (Phi) is 4.25. The average molecular weight is 538 g/mol. The van der Waals surface area contributed by atoms with E-state index in [0.29, 0.717) is 5.56 Å². The zero-order chi connectivity index (χ0) is 28.6. The van der Waals surface area contributed by atoms with Crippen LogP contribution in [0.4, 0.5) is 0 Å². The van der Waals surface area contributed by atoms with Crippen LogP contribution in [-0.2, 0) is 5.41 Å². The van der Waals surface area contributed by atoms with E-state index in [-0.39, 0.29) is 67.0 Å². The Balaban J connectivity index is 1.76. The Labute approximate surface area is 224 Å². The predicted molar refractivity (Wildman–Crippen MR) is 140 cm³/mol. The van der Waals surface area contributed by atoms with Gasteiger partial charge < -0.3 is 29.6 Å².